The molecule has 7 nitrogen and oxygen atoms in total. The first-order valence-electron chi connectivity index (χ1n) is 9.30. The molecular formula is C18H27N5O2. The monoisotopic (exact) mass is 345 g/mol. The van der Waals surface area contributed by atoms with E-state index in [4.69, 9.17) is 0 Å². The van der Waals surface area contributed by atoms with Crippen LogP contribution in [0.5, 0.6) is 0 Å². The fourth-order valence-electron chi connectivity index (χ4n) is 3.59. The van der Waals surface area contributed by atoms with Gasteiger partial charge < -0.3 is 15.1 Å². The van der Waals surface area contributed by atoms with Crippen molar-refractivity contribution in [2.24, 2.45) is 5.92 Å². The Hall–Kier alpha value is -2.18. The largest absolute Gasteiger partial charge is 0.355 e. The lowest BCUT2D eigenvalue weighted by molar-refractivity contribution is -0.131. The number of carbonyl (C=O) groups excluding carboxylic acids is 2. The summed E-state index contributed by atoms with van der Waals surface area (Å²) >= 11 is 0. The Morgan fingerprint density at radius 3 is 2.96 bits per heavy atom. The Balaban J connectivity index is 1.45. The number of nitrogens with zero attached hydrogens (tertiary/aromatic N) is 4. The second-order valence-corrected chi connectivity index (χ2v) is 6.83. The van der Waals surface area contributed by atoms with Gasteiger partial charge in [-0.05, 0) is 25.7 Å². The van der Waals surface area contributed by atoms with E-state index in [1.165, 1.54) is 0 Å². The van der Waals surface area contributed by atoms with Gasteiger partial charge in [0.1, 0.15) is 5.82 Å². The Morgan fingerprint density at radius 2 is 2.12 bits per heavy atom. The number of hydrogen-bond acceptors (Lipinski definition) is 5. The zero-order valence-corrected chi connectivity index (χ0v) is 14.7. The highest BCUT2D eigenvalue weighted by Gasteiger charge is 2.26. The molecule has 0 bridgehead atoms. The first-order chi connectivity index (χ1) is 12.2. The molecule has 1 atom stereocenters. The molecule has 1 unspecified atom stereocenters. The van der Waals surface area contributed by atoms with Crippen LogP contribution in [0.1, 0.15) is 38.5 Å². The second-order valence-electron chi connectivity index (χ2n) is 6.83. The van der Waals surface area contributed by atoms with Gasteiger partial charge in [-0.1, -0.05) is 6.42 Å². The van der Waals surface area contributed by atoms with E-state index >= 15 is 0 Å². The summed E-state index contributed by atoms with van der Waals surface area (Å²) in [5.41, 5.74) is 0. The number of carbonyl (C=O) groups is 2. The summed E-state index contributed by atoms with van der Waals surface area (Å²) in [6, 6.07) is 0. The summed E-state index contributed by atoms with van der Waals surface area (Å²) < 4.78 is 0. The average molecular weight is 345 g/mol. The maximum absolute atomic E-state index is 12.5. The minimum absolute atomic E-state index is 0.0319. The van der Waals surface area contributed by atoms with Gasteiger partial charge in [0.05, 0.1) is 12.1 Å². The van der Waals surface area contributed by atoms with Crippen LogP contribution in [0, 0.1) is 5.92 Å². The van der Waals surface area contributed by atoms with Gasteiger partial charge >= 0.3 is 0 Å². The number of nitrogens with one attached hydrogen (secondary N) is 1. The molecule has 2 aliphatic rings. The normalized spacial score (nSPS) is 21.8. The van der Waals surface area contributed by atoms with Gasteiger partial charge in [0.2, 0.25) is 11.8 Å². The van der Waals surface area contributed by atoms with Crippen LogP contribution in [0.3, 0.4) is 0 Å². The second kappa shape index (κ2) is 8.78. The third kappa shape index (κ3) is 4.90. The Labute approximate surface area is 148 Å². The van der Waals surface area contributed by atoms with Crippen molar-refractivity contribution in [1.82, 2.24) is 20.2 Å². The van der Waals surface area contributed by atoms with Gasteiger partial charge in [-0.3, -0.25) is 14.6 Å². The lowest BCUT2D eigenvalue weighted by Gasteiger charge is -2.32. The average Bonchev–Trinajstić information content (AvgIpc) is 2.87. The van der Waals surface area contributed by atoms with E-state index < -0.39 is 0 Å². The molecule has 0 saturated carbocycles. The van der Waals surface area contributed by atoms with Crippen molar-refractivity contribution in [3.05, 3.63) is 18.6 Å². The first-order valence-corrected chi connectivity index (χ1v) is 9.30. The number of rotatable bonds is 5. The van der Waals surface area contributed by atoms with E-state index in [0.29, 0.717) is 26.1 Å². The zero-order valence-electron chi connectivity index (χ0n) is 14.7. The first kappa shape index (κ1) is 17.6. The molecule has 0 aliphatic carbocycles. The zero-order chi connectivity index (χ0) is 17.5. The molecule has 3 heterocycles. The van der Waals surface area contributed by atoms with E-state index in [9.17, 15) is 9.59 Å². The van der Waals surface area contributed by atoms with Gasteiger partial charge in [0, 0.05) is 51.5 Å². The van der Waals surface area contributed by atoms with E-state index in [-0.39, 0.29) is 17.7 Å². The van der Waals surface area contributed by atoms with Gasteiger partial charge in [0.15, 0.2) is 0 Å². The summed E-state index contributed by atoms with van der Waals surface area (Å²) in [5, 5.41) is 3.02. The molecule has 136 valence electrons. The predicted octanol–water partition coefficient (Wildman–Crippen LogP) is 1.21. The van der Waals surface area contributed by atoms with Gasteiger partial charge in [0.25, 0.3) is 0 Å². The molecule has 2 aliphatic heterocycles. The number of hydrogen-bond donors (Lipinski definition) is 1. The van der Waals surface area contributed by atoms with Crippen LogP contribution >= 0.6 is 0 Å². The molecular weight excluding hydrogens is 318 g/mol. The number of amides is 2. The summed E-state index contributed by atoms with van der Waals surface area (Å²) in [6.07, 6.45) is 10.8. The van der Waals surface area contributed by atoms with Crippen molar-refractivity contribution in [3.8, 4) is 0 Å². The molecule has 2 fully saturated rings. The third-order valence-corrected chi connectivity index (χ3v) is 5.02. The molecule has 0 radical (unpaired) electrons. The quantitative estimate of drug-likeness (QED) is 0.868. The van der Waals surface area contributed by atoms with Crippen molar-refractivity contribution < 1.29 is 9.59 Å². The smallest absolute Gasteiger partial charge is 0.224 e. The molecule has 2 saturated heterocycles. The van der Waals surface area contributed by atoms with E-state index in [1.54, 1.807) is 18.6 Å². The molecule has 0 spiro atoms. The minimum Gasteiger partial charge on any atom is -0.355 e. The number of piperidine rings is 1. The van der Waals surface area contributed by atoms with Gasteiger partial charge in [-0.2, -0.15) is 0 Å². The summed E-state index contributed by atoms with van der Waals surface area (Å²) in [7, 11) is 0. The summed E-state index contributed by atoms with van der Waals surface area (Å²) in [6.45, 7) is 3.55. The van der Waals surface area contributed by atoms with Gasteiger partial charge in [-0.25, -0.2) is 4.98 Å². The molecule has 0 aromatic carbocycles. The third-order valence-electron chi connectivity index (χ3n) is 5.02. The van der Waals surface area contributed by atoms with Crippen LogP contribution in [-0.2, 0) is 9.59 Å². The molecule has 7 heteroatoms. The number of aromatic nitrogens is 2. The van der Waals surface area contributed by atoms with Crippen LogP contribution in [0.15, 0.2) is 18.6 Å². The highest BCUT2D eigenvalue weighted by Crippen LogP contribution is 2.21. The van der Waals surface area contributed by atoms with E-state index in [2.05, 4.69) is 20.2 Å². The number of anilines is 1. The Morgan fingerprint density at radius 1 is 1.20 bits per heavy atom. The lowest BCUT2D eigenvalue weighted by atomic mass is 9.97. The molecule has 25 heavy (non-hydrogen) atoms. The minimum atomic E-state index is -0.0319. The van der Waals surface area contributed by atoms with Crippen LogP contribution in [0.25, 0.3) is 0 Å². The predicted molar refractivity (Wildman–Crippen MR) is 95.0 cm³/mol. The fourth-order valence-corrected chi connectivity index (χ4v) is 3.59. The highest BCUT2D eigenvalue weighted by molar-refractivity contribution is 5.80. The van der Waals surface area contributed by atoms with Crippen LogP contribution in [0.2, 0.25) is 0 Å². The Kier molecular flexibility index (Phi) is 6.19. The number of likely N-dealkylation sites (tertiary alicyclic amines) is 1. The molecule has 1 aromatic heterocycles. The fraction of sp³-hybridized carbons (Fsp3) is 0.667. The van der Waals surface area contributed by atoms with Crippen molar-refractivity contribution in [2.45, 2.75) is 38.5 Å². The van der Waals surface area contributed by atoms with Gasteiger partial charge in [-0.15, -0.1) is 0 Å². The van der Waals surface area contributed by atoms with E-state index in [0.717, 1.165) is 51.0 Å². The summed E-state index contributed by atoms with van der Waals surface area (Å²) in [4.78, 5) is 36.9. The van der Waals surface area contributed by atoms with Crippen molar-refractivity contribution >= 4 is 17.6 Å². The molecule has 3 rings (SSSR count). The van der Waals surface area contributed by atoms with Crippen LogP contribution < -0.4 is 10.2 Å². The van der Waals surface area contributed by atoms with E-state index in [1.807, 2.05) is 4.90 Å². The Bertz CT molecular complexity index is 580. The molecule has 1 N–H and O–H groups in total. The topological polar surface area (TPSA) is 78.4 Å². The highest BCUT2D eigenvalue weighted by atomic mass is 16.2. The van der Waals surface area contributed by atoms with Crippen molar-refractivity contribution in [2.75, 3.05) is 37.6 Å². The SMILES string of the molecule is O=C(NCCN1CCCCCC1=O)C1CCCN(c2cnccn2)C1. The molecule has 1 aromatic rings. The van der Waals surface area contributed by atoms with Crippen molar-refractivity contribution in [3.63, 3.8) is 0 Å². The lowest BCUT2D eigenvalue weighted by Crippen LogP contribution is -2.45. The molecule has 2 amide bonds. The van der Waals surface area contributed by atoms with Crippen LogP contribution in [-0.4, -0.2) is 59.4 Å². The van der Waals surface area contributed by atoms with Crippen LogP contribution in [0.4, 0.5) is 5.82 Å². The standard InChI is InChI=1S/C18H27N5O2/c24-17-6-2-1-3-10-22(17)12-9-21-18(25)15-5-4-11-23(14-15)16-13-19-7-8-20-16/h7-8,13,15H,1-6,9-12,14H2,(H,21,25). The maximum Gasteiger partial charge on any atom is 0.224 e. The maximum atomic E-state index is 12.5. The van der Waals surface area contributed by atoms with Crippen molar-refractivity contribution in [1.29, 1.82) is 0 Å². The summed E-state index contributed by atoms with van der Waals surface area (Å²) in [5.74, 6) is 1.10.